The van der Waals surface area contributed by atoms with Gasteiger partial charge in [0.1, 0.15) is 11.6 Å². The quantitative estimate of drug-likeness (QED) is 0.506. The Hall–Kier alpha value is -2.99. The zero-order valence-electron chi connectivity index (χ0n) is 13.8. The van der Waals surface area contributed by atoms with Crippen molar-refractivity contribution in [2.45, 2.75) is 6.92 Å². The number of phenolic OH excluding ortho intramolecular Hbond substituents is 1. The highest BCUT2D eigenvalue weighted by atomic mass is 79.9. The number of phenols is 1. The number of aromatic hydroxyl groups is 1. The fourth-order valence-corrected chi connectivity index (χ4v) is 3.31. The van der Waals surface area contributed by atoms with Crippen LogP contribution in [-0.4, -0.2) is 21.0 Å². The molecule has 6 heteroatoms. The Bertz CT molecular complexity index is 1250. The van der Waals surface area contributed by atoms with Gasteiger partial charge in [-0.1, -0.05) is 40.2 Å². The van der Waals surface area contributed by atoms with E-state index in [9.17, 15) is 9.90 Å². The van der Waals surface area contributed by atoms with E-state index in [1.54, 1.807) is 31.2 Å². The molecule has 128 valence electrons. The topological polar surface area (TPSA) is 67.5 Å². The van der Waals surface area contributed by atoms with Crippen LogP contribution in [0.25, 0.3) is 21.7 Å². The maximum atomic E-state index is 12.7. The molecule has 0 saturated heterocycles. The molecule has 26 heavy (non-hydrogen) atoms. The predicted molar refractivity (Wildman–Crippen MR) is 107 cm³/mol. The molecule has 0 atom stereocenters. The third kappa shape index (κ3) is 2.78. The lowest BCUT2D eigenvalue weighted by Crippen LogP contribution is -2.20. The van der Waals surface area contributed by atoms with Gasteiger partial charge in [-0.2, -0.15) is 9.78 Å². The van der Waals surface area contributed by atoms with Crippen LogP contribution in [0.1, 0.15) is 11.4 Å². The molecule has 0 radical (unpaired) electrons. The maximum Gasteiger partial charge on any atom is 0.282 e. The van der Waals surface area contributed by atoms with Crippen LogP contribution in [0.3, 0.4) is 0 Å². The molecule has 0 aliphatic rings. The monoisotopic (exact) mass is 407 g/mol. The molecule has 0 amide bonds. The van der Waals surface area contributed by atoms with Crippen LogP contribution in [0.4, 0.5) is 0 Å². The number of hydrogen-bond acceptors (Lipinski definition) is 4. The van der Waals surface area contributed by atoms with Crippen molar-refractivity contribution in [1.29, 1.82) is 0 Å². The second-order valence-electron chi connectivity index (χ2n) is 5.90. The second kappa shape index (κ2) is 6.38. The molecule has 5 nitrogen and oxygen atoms in total. The minimum Gasteiger partial charge on any atom is -0.507 e. The van der Waals surface area contributed by atoms with Crippen molar-refractivity contribution in [3.05, 3.63) is 80.8 Å². The minimum absolute atomic E-state index is 0.100. The number of fused-ring (bicyclic) bond motifs is 2. The van der Waals surface area contributed by atoms with Gasteiger partial charge in [-0.25, -0.2) is 4.98 Å². The Morgan fingerprint density at radius 1 is 1.12 bits per heavy atom. The van der Waals surface area contributed by atoms with E-state index in [4.69, 9.17) is 0 Å². The fraction of sp³-hybridized carbons (Fsp3) is 0.0500. The summed E-state index contributed by atoms with van der Waals surface area (Å²) in [6, 6.07) is 16.4. The minimum atomic E-state index is -0.244. The van der Waals surface area contributed by atoms with E-state index < -0.39 is 0 Å². The third-order valence-electron chi connectivity index (χ3n) is 4.22. The molecule has 4 aromatic rings. The van der Waals surface area contributed by atoms with Crippen LogP contribution in [0, 0.1) is 6.92 Å². The second-order valence-corrected chi connectivity index (χ2v) is 6.82. The van der Waals surface area contributed by atoms with Crippen LogP contribution in [0.5, 0.6) is 5.75 Å². The molecule has 1 aromatic heterocycles. The molecule has 0 unspecified atom stereocenters. The van der Waals surface area contributed by atoms with Gasteiger partial charge in [0.2, 0.25) is 0 Å². The van der Waals surface area contributed by atoms with E-state index in [0.29, 0.717) is 22.3 Å². The number of nitrogens with zero attached hydrogens (tertiary/aromatic N) is 3. The van der Waals surface area contributed by atoms with Crippen molar-refractivity contribution in [1.82, 2.24) is 9.66 Å². The normalized spacial score (nSPS) is 11.6. The molecule has 0 spiro atoms. The van der Waals surface area contributed by atoms with E-state index in [2.05, 4.69) is 26.0 Å². The predicted octanol–water partition coefficient (Wildman–Crippen LogP) is 4.21. The molecule has 1 N–H and O–H groups in total. The van der Waals surface area contributed by atoms with Crippen LogP contribution < -0.4 is 5.56 Å². The Balaban J connectivity index is 1.90. The lowest BCUT2D eigenvalue weighted by molar-refractivity contribution is 0.475. The summed E-state index contributed by atoms with van der Waals surface area (Å²) in [5, 5.41) is 16.9. The van der Waals surface area contributed by atoms with Gasteiger partial charge in [-0.15, -0.1) is 0 Å². The van der Waals surface area contributed by atoms with Gasteiger partial charge >= 0.3 is 0 Å². The molecule has 0 fully saturated rings. The number of hydrogen-bond donors (Lipinski definition) is 1. The summed E-state index contributed by atoms with van der Waals surface area (Å²) >= 11 is 3.44. The van der Waals surface area contributed by atoms with Crippen molar-refractivity contribution in [2.75, 3.05) is 0 Å². The molecule has 0 aliphatic carbocycles. The Kier molecular flexibility index (Phi) is 4.05. The highest BCUT2D eigenvalue weighted by Gasteiger charge is 2.08. The Morgan fingerprint density at radius 2 is 1.92 bits per heavy atom. The molecular weight excluding hydrogens is 394 g/mol. The fourth-order valence-electron chi connectivity index (χ4n) is 2.94. The average molecular weight is 408 g/mol. The summed E-state index contributed by atoms with van der Waals surface area (Å²) in [5.41, 5.74) is 0.945. The highest BCUT2D eigenvalue weighted by molar-refractivity contribution is 9.10. The van der Waals surface area contributed by atoms with Crippen molar-refractivity contribution in [3.8, 4) is 5.75 Å². The van der Waals surface area contributed by atoms with Gasteiger partial charge in [0.15, 0.2) is 0 Å². The zero-order chi connectivity index (χ0) is 18.3. The average Bonchev–Trinajstić information content (AvgIpc) is 2.63. The lowest BCUT2D eigenvalue weighted by Gasteiger charge is -2.07. The number of para-hydroxylation sites is 1. The Morgan fingerprint density at radius 3 is 2.77 bits per heavy atom. The van der Waals surface area contributed by atoms with E-state index in [0.717, 1.165) is 15.2 Å². The van der Waals surface area contributed by atoms with Crippen molar-refractivity contribution in [3.63, 3.8) is 0 Å². The third-order valence-corrected chi connectivity index (χ3v) is 4.71. The molecule has 1 heterocycles. The van der Waals surface area contributed by atoms with Gasteiger partial charge < -0.3 is 5.11 Å². The molecule has 0 bridgehead atoms. The number of rotatable bonds is 2. The van der Waals surface area contributed by atoms with Gasteiger partial charge in [-0.3, -0.25) is 4.79 Å². The smallest absolute Gasteiger partial charge is 0.282 e. The number of halogens is 1. The maximum absolute atomic E-state index is 12.7. The van der Waals surface area contributed by atoms with Crippen molar-refractivity contribution >= 4 is 43.8 Å². The van der Waals surface area contributed by atoms with Gasteiger partial charge in [0, 0.05) is 10.0 Å². The van der Waals surface area contributed by atoms with Crippen molar-refractivity contribution in [2.24, 2.45) is 5.10 Å². The molecule has 4 rings (SSSR count). The standard InChI is InChI=1S/C20H14BrN3O2/c1-12-23-18-5-3-2-4-16(18)20(26)24(12)22-11-17-15-8-7-14(21)10-13(15)6-9-19(17)25/h2-11,25H,1H3. The van der Waals surface area contributed by atoms with E-state index in [-0.39, 0.29) is 11.3 Å². The molecule has 3 aromatic carbocycles. The van der Waals surface area contributed by atoms with E-state index in [1.807, 2.05) is 30.3 Å². The van der Waals surface area contributed by atoms with Crippen LogP contribution in [0.15, 0.2) is 69.0 Å². The Labute approximate surface area is 157 Å². The van der Waals surface area contributed by atoms with Crippen LogP contribution in [0.2, 0.25) is 0 Å². The molecular formula is C20H14BrN3O2. The first-order valence-electron chi connectivity index (χ1n) is 7.98. The molecule has 0 aliphatic heterocycles. The number of aromatic nitrogens is 2. The van der Waals surface area contributed by atoms with E-state index >= 15 is 0 Å². The molecule has 0 saturated carbocycles. The SMILES string of the molecule is Cc1nc2ccccc2c(=O)n1N=Cc1c(O)ccc2cc(Br)ccc12. The highest BCUT2D eigenvalue weighted by Crippen LogP contribution is 2.28. The number of benzene rings is 3. The van der Waals surface area contributed by atoms with Gasteiger partial charge in [0.05, 0.1) is 17.1 Å². The number of aryl methyl sites for hydroxylation is 1. The largest absolute Gasteiger partial charge is 0.507 e. The first-order valence-corrected chi connectivity index (χ1v) is 8.78. The van der Waals surface area contributed by atoms with Crippen molar-refractivity contribution < 1.29 is 5.11 Å². The first-order chi connectivity index (χ1) is 12.5. The summed E-state index contributed by atoms with van der Waals surface area (Å²) in [6.45, 7) is 1.73. The summed E-state index contributed by atoms with van der Waals surface area (Å²) in [5.74, 6) is 0.579. The summed E-state index contributed by atoms with van der Waals surface area (Å²) in [4.78, 5) is 17.1. The van der Waals surface area contributed by atoms with Gasteiger partial charge in [-0.05, 0) is 48.0 Å². The van der Waals surface area contributed by atoms with Crippen LogP contribution in [-0.2, 0) is 0 Å². The summed E-state index contributed by atoms with van der Waals surface area (Å²) in [7, 11) is 0. The summed E-state index contributed by atoms with van der Waals surface area (Å²) < 4.78 is 2.20. The lowest BCUT2D eigenvalue weighted by atomic mass is 10.0. The summed E-state index contributed by atoms with van der Waals surface area (Å²) in [6.07, 6.45) is 1.50. The zero-order valence-corrected chi connectivity index (χ0v) is 15.4. The van der Waals surface area contributed by atoms with Crippen LogP contribution >= 0.6 is 15.9 Å². The first kappa shape index (κ1) is 16.5. The van der Waals surface area contributed by atoms with Gasteiger partial charge in [0.25, 0.3) is 5.56 Å². The van der Waals surface area contributed by atoms with E-state index in [1.165, 1.54) is 10.9 Å².